The zero-order chi connectivity index (χ0) is 20.1. The molecule has 0 aliphatic heterocycles. The first-order valence-electron chi connectivity index (χ1n) is 8.97. The first-order valence-corrected chi connectivity index (χ1v) is 9.85. The number of nitrogens with one attached hydrogen (secondary N) is 1. The van der Waals surface area contributed by atoms with Crippen LogP contribution in [0.2, 0.25) is 0 Å². The summed E-state index contributed by atoms with van der Waals surface area (Å²) in [6, 6.07) is 15.0. The van der Waals surface area contributed by atoms with E-state index in [2.05, 4.69) is 20.5 Å². The van der Waals surface area contributed by atoms with Crippen molar-refractivity contribution in [3.63, 3.8) is 0 Å². The number of pyridine rings is 1. The van der Waals surface area contributed by atoms with Gasteiger partial charge >= 0.3 is 5.97 Å². The molecule has 1 aromatic carbocycles. The Kier molecular flexibility index (Phi) is 5.53. The van der Waals surface area contributed by atoms with Crippen LogP contribution in [-0.4, -0.2) is 32.7 Å². The summed E-state index contributed by atoms with van der Waals surface area (Å²) in [4.78, 5) is 20.5. The maximum absolute atomic E-state index is 11.7. The highest BCUT2D eigenvalue weighted by Gasteiger charge is 2.10. The van der Waals surface area contributed by atoms with Crippen LogP contribution in [0.4, 0.5) is 11.5 Å². The molecule has 4 aromatic rings. The molecule has 8 heteroatoms. The fourth-order valence-electron chi connectivity index (χ4n) is 2.65. The van der Waals surface area contributed by atoms with Gasteiger partial charge in [-0.3, -0.25) is 4.98 Å². The second kappa shape index (κ2) is 8.57. The smallest absolute Gasteiger partial charge is 0.358 e. The molecule has 3 aromatic heterocycles. The van der Waals surface area contributed by atoms with Crippen molar-refractivity contribution in [1.82, 2.24) is 20.2 Å². The quantitative estimate of drug-likeness (QED) is 0.471. The van der Waals surface area contributed by atoms with Gasteiger partial charge < -0.3 is 10.1 Å². The topological polar surface area (TPSA) is 89.9 Å². The van der Waals surface area contributed by atoms with Crippen LogP contribution in [0.3, 0.4) is 0 Å². The number of carbonyl (C=O) groups excluding carboxylic acids is 1. The van der Waals surface area contributed by atoms with E-state index in [0.717, 1.165) is 27.5 Å². The zero-order valence-corrected chi connectivity index (χ0v) is 16.4. The summed E-state index contributed by atoms with van der Waals surface area (Å²) in [7, 11) is 0. The number of anilines is 2. The molecular formula is C21H17N5O2S. The Morgan fingerprint density at radius 1 is 1.10 bits per heavy atom. The second-order valence-corrected chi connectivity index (χ2v) is 6.87. The maximum Gasteiger partial charge on any atom is 0.358 e. The van der Waals surface area contributed by atoms with Crippen molar-refractivity contribution in [3.8, 4) is 21.8 Å². The average Bonchev–Trinajstić information content (AvgIpc) is 3.26. The van der Waals surface area contributed by atoms with E-state index in [1.54, 1.807) is 42.8 Å². The van der Waals surface area contributed by atoms with E-state index in [1.165, 1.54) is 0 Å². The molecular weight excluding hydrogens is 386 g/mol. The van der Waals surface area contributed by atoms with Crippen molar-refractivity contribution in [3.05, 3.63) is 72.0 Å². The lowest BCUT2D eigenvalue weighted by Gasteiger charge is -2.07. The minimum absolute atomic E-state index is 0.177. The molecule has 29 heavy (non-hydrogen) atoms. The van der Waals surface area contributed by atoms with E-state index in [0.29, 0.717) is 12.4 Å². The minimum Gasteiger partial charge on any atom is -0.461 e. The molecule has 144 valence electrons. The molecule has 0 aliphatic carbocycles. The number of hydrogen-bond acceptors (Lipinski definition) is 8. The number of hydrogen-bond donors (Lipinski definition) is 1. The van der Waals surface area contributed by atoms with Crippen LogP contribution < -0.4 is 5.32 Å². The molecule has 0 saturated heterocycles. The summed E-state index contributed by atoms with van der Waals surface area (Å²) >= 11 is 1.58. The van der Waals surface area contributed by atoms with Crippen LogP contribution in [-0.2, 0) is 4.74 Å². The van der Waals surface area contributed by atoms with Gasteiger partial charge in [-0.25, -0.2) is 9.78 Å². The molecule has 0 atom stereocenters. The Labute approximate surface area is 171 Å². The molecule has 0 spiro atoms. The van der Waals surface area contributed by atoms with Crippen molar-refractivity contribution >= 4 is 28.8 Å². The third-order valence-corrected chi connectivity index (χ3v) is 4.88. The van der Waals surface area contributed by atoms with E-state index in [9.17, 15) is 4.79 Å². The minimum atomic E-state index is -0.485. The van der Waals surface area contributed by atoms with Gasteiger partial charge in [0, 0.05) is 34.6 Å². The predicted molar refractivity (Wildman–Crippen MR) is 112 cm³/mol. The summed E-state index contributed by atoms with van der Waals surface area (Å²) in [5.74, 6) is 0.0472. The van der Waals surface area contributed by atoms with Crippen molar-refractivity contribution in [2.24, 2.45) is 0 Å². The van der Waals surface area contributed by atoms with Crippen molar-refractivity contribution in [2.45, 2.75) is 6.92 Å². The van der Waals surface area contributed by atoms with Gasteiger partial charge in [0.25, 0.3) is 0 Å². The van der Waals surface area contributed by atoms with Gasteiger partial charge in [-0.15, -0.1) is 21.5 Å². The summed E-state index contributed by atoms with van der Waals surface area (Å²) in [5.41, 5.74) is 3.89. The number of esters is 1. The highest BCUT2D eigenvalue weighted by molar-refractivity contribution is 7.13. The lowest BCUT2D eigenvalue weighted by molar-refractivity contribution is 0.0518. The summed E-state index contributed by atoms with van der Waals surface area (Å²) in [6.07, 6.45) is 3.55. The molecule has 0 radical (unpaired) electrons. The standard InChI is InChI=1S/C21H17N5O2S/c1-2-28-21(27)17-8-9-19(26-25-17)23-16-7-3-5-14(11-16)18-13-29-20(24-18)15-6-4-10-22-12-15/h3-13H,2H2,1H3,(H,23,26). The highest BCUT2D eigenvalue weighted by Crippen LogP contribution is 2.30. The average molecular weight is 403 g/mol. The van der Waals surface area contributed by atoms with Crippen LogP contribution in [0.25, 0.3) is 21.8 Å². The number of carbonyl (C=O) groups is 1. The molecule has 7 nitrogen and oxygen atoms in total. The van der Waals surface area contributed by atoms with E-state index in [-0.39, 0.29) is 5.69 Å². The SMILES string of the molecule is CCOC(=O)c1ccc(Nc2cccc(-c3csc(-c4cccnc4)n3)c2)nn1. The normalized spacial score (nSPS) is 10.5. The molecule has 0 saturated carbocycles. The Morgan fingerprint density at radius 2 is 2.00 bits per heavy atom. The van der Waals surface area contributed by atoms with Crippen molar-refractivity contribution in [2.75, 3.05) is 11.9 Å². The third-order valence-electron chi connectivity index (χ3n) is 3.99. The van der Waals surface area contributed by atoms with Gasteiger partial charge in [0.1, 0.15) is 5.01 Å². The van der Waals surface area contributed by atoms with E-state index < -0.39 is 5.97 Å². The molecule has 0 aliphatic rings. The van der Waals surface area contributed by atoms with Crippen LogP contribution in [0, 0.1) is 0 Å². The number of nitrogens with zero attached hydrogens (tertiary/aromatic N) is 4. The monoisotopic (exact) mass is 403 g/mol. The first kappa shape index (κ1) is 18.7. The van der Waals surface area contributed by atoms with Crippen LogP contribution in [0.15, 0.2) is 66.3 Å². The first-order chi connectivity index (χ1) is 14.2. The third kappa shape index (κ3) is 4.44. The number of thiazole rings is 1. The molecule has 1 N–H and O–H groups in total. The molecule has 0 bridgehead atoms. The van der Waals surface area contributed by atoms with Gasteiger partial charge in [-0.2, -0.15) is 0 Å². The lowest BCUT2D eigenvalue weighted by Crippen LogP contribution is -2.08. The predicted octanol–water partition coefficient (Wildman–Crippen LogP) is 4.58. The molecule has 0 unspecified atom stereocenters. The molecule has 3 heterocycles. The largest absolute Gasteiger partial charge is 0.461 e. The lowest BCUT2D eigenvalue weighted by atomic mass is 10.1. The van der Waals surface area contributed by atoms with Crippen LogP contribution in [0.1, 0.15) is 17.4 Å². The number of aromatic nitrogens is 4. The Balaban J connectivity index is 1.51. The van der Waals surface area contributed by atoms with E-state index >= 15 is 0 Å². The van der Waals surface area contributed by atoms with Crippen molar-refractivity contribution < 1.29 is 9.53 Å². The Bertz CT molecular complexity index is 1110. The zero-order valence-electron chi connectivity index (χ0n) is 15.6. The van der Waals surface area contributed by atoms with Gasteiger partial charge in [0.05, 0.1) is 12.3 Å². The molecule has 0 fully saturated rings. The Morgan fingerprint density at radius 3 is 2.76 bits per heavy atom. The van der Waals surface area contributed by atoms with Gasteiger partial charge in [0.15, 0.2) is 11.5 Å². The fourth-order valence-corrected chi connectivity index (χ4v) is 3.47. The highest BCUT2D eigenvalue weighted by atomic mass is 32.1. The second-order valence-electron chi connectivity index (χ2n) is 6.01. The number of rotatable bonds is 6. The van der Waals surface area contributed by atoms with Crippen LogP contribution >= 0.6 is 11.3 Å². The summed E-state index contributed by atoms with van der Waals surface area (Å²) in [5, 5.41) is 14.1. The fraction of sp³-hybridized carbons (Fsp3) is 0.0952. The van der Waals surface area contributed by atoms with Crippen LogP contribution in [0.5, 0.6) is 0 Å². The van der Waals surface area contributed by atoms with E-state index in [1.807, 2.05) is 41.8 Å². The summed E-state index contributed by atoms with van der Waals surface area (Å²) < 4.78 is 4.91. The number of ether oxygens (including phenoxy) is 1. The Hall–Kier alpha value is -3.65. The van der Waals surface area contributed by atoms with E-state index in [4.69, 9.17) is 9.72 Å². The van der Waals surface area contributed by atoms with Crippen molar-refractivity contribution in [1.29, 1.82) is 0 Å². The molecule has 0 amide bonds. The van der Waals surface area contributed by atoms with Gasteiger partial charge in [0.2, 0.25) is 0 Å². The van der Waals surface area contributed by atoms with Gasteiger partial charge in [-0.05, 0) is 43.3 Å². The maximum atomic E-state index is 11.7. The number of benzene rings is 1. The summed E-state index contributed by atoms with van der Waals surface area (Å²) in [6.45, 7) is 2.04. The molecule has 4 rings (SSSR count). The van der Waals surface area contributed by atoms with Gasteiger partial charge in [-0.1, -0.05) is 12.1 Å².